The Hall–Kier alpha value is -1.15. The van der Waals surface area contributed by atoms with E-state index < -0.39 is 0 Å². The summed E-state index contributed by atoms with van der Waals surface area (Å²) in [4.78, 5) is 12.2. The Labute approximate surface area is 97.9 Å². The topological polar surface area (TPSA) is 43.1 Å². The summed E-state index contributed by atoms with van der Waals surface area (Å²) in [6, 6.07) is 4.07. The molecule has 1 aromatic carbocycles. The van der Waals surface area contributed by atoms with E-state index in [9.17, 15) is 4.79 Å². The van der Waals surface area contributed by atoms with E-state index in [1.165, 1.54) is 11.1 Å². The highest BCUT2D eigenvalue weighted by atomic mass is 16.1. The number of benzene rings is 1. The molecule has 2 nitrogen and oxygen atoms in total. The van der Waals surface area contributed by atoms with Crippen LogP contribution in [0.2, 0.25) is 0 Å². The second-order valence-electron chi connectivity index (χ2n) is 4.46. The van der Waals surface area contributed by atoms with Gasteiger partial charge in [0, 0.05) is 18.0 Å². The van der Waals surface area contributed by atoms with Crippen LogP contribution in [0.4, 0.5) is 0 Å². The summed E-state index contributed by atoms with van der Waals surface area (Å²) in [5.41, 5.74) is 9.91. The fourth-order valence-electron chi connectivity index (χ4n) is 1.90. The molecule has 0 bridgehead atoms. The van der Waals surface area contributed by atoms with Gasteiger partial charge in [-0.2, -0.15) is 0 Å². The molecule has 1 rings (SSSR count). The molecule has 0 radical (unpaired) electrons. The van der Waals surface area contributed by atoms with Crippen LogP contribution in [-0.2, 0) is 0 Å². The third-order valence-corrected chi connectivity index (χ3v) is 3.25. The molecule has 1 aromatic rings. The van der Waals surface area contributed by atoms with Crippen LogP contribution in [0.3, 0.4) is 0 Å². The predicted molar refractivity (Wildman–Crippen MR) is 67.8 cm³/mol. The Balaban J connectivity index is 3.13. The van der Waals surface area contributed by atoms with Gasteiger partial charge in [-0.05, 0) is 49.9 Å². The quantitative estimate of drug-likeness (QED) is 0.791. The molecule has 0 saturated heterocycles. The molecular weight excluding hydrogens is 198 g/mol. The summed E-state index contributed by atoms with van der Waals surface area (Å²) in [6.07, 6.45) is 0.807. The zero-order valence-electron chi connectivity index (χ0n) is 10.6. The van der Waals surface area contributed by atoms with Crippen molar-refractivity contribution < 1.29 is 4.79 Å². The van der Waals surface area contributed by atoms with Crippen LogP contribution in [0.15, 0.2) is 12.1 Å². The first-order valence-corrected chi connectivity index (χ1v) is 5.83. The average molecular weight is 219 g/mol. The maximum absolute atomic E-state index is 12.2. The van der Waals surface area contributed by atoms with E-state index in [-0.39, 0.29) is 11.7 Å². The van der Waals surface area contributed by atoms with Crippen LogP contribution in [0.25, 0.3) is 0 Å². The first kappa shape index (κ1) is 12.9. The van der Waals surface area contributed by atoms with Crippen LogP contribution >= 0.6 is 0 Å². The molecule has 0 aromatic heterocycles. The number of rotatable bonds is 4. The molecule has 0 heterocycles. The fourth-order valence-corrected chi connectivity index (χ4v) is 1.90. The molecule has 16 heavy (non-hydrogen) atoms. The van der Waals surface area contributed by atoms with Gasteiger partial charge in [-0.15, -0.1) is 0 Å². The van der Waals surface area contributed by atoms with Gasteiger partial charge in [-0.1, -0.05) is 13.0 Å². The van der Waals surface area contributed by atoms with Crippen molar-refractivity contribution in [1.29, 1.82) is 0 Å². The predicted octanol–water partition coefficient (Wildman–Crippen LogP) is 2.78. The monoisotopic (exact) mass is 219 g/mol. The number of hydrogen-bond acceptors (Lipinski definition) is 2. The minimum absolute atomic E-state index is 0.0409. The van der Waals surface area contributed by atoms with Crippen LogP contribution in [0.5, 0.6) is 0 Å². The van der Waals surface area contributed by atoms with Crippen molar-refractivity contribution in [2.24, 2.45) is 11.7 Å². The van der Waals surface area contributed by atoms with Crippen molar-refractivity contribution in [3.8, 4) is 0 Å². The Morgan fingerprint density at radius 2 is 1.75 bits per heavy atom. The highest BCUT2D eigenvalue weighted by Crippen LogP contribution is 2.19. The maximum atomic E-state index is 12.2. The molecule has 0 spiro atoms. The van der Waals surface area contributed by atoms with Crippen LogP contribution in [-0.4, -0.2) is 12.3 Å². The molecule has 0 saturated carbocycles. The number of carbonyl (C=O) groups is 1. The second-order valence-corrected chi connectivity index (χ2v) is 4.46. The number of Topliss-reactive ketones (excluding diaryl/α,β-unsaturated/α-hetero) is 1. The summed E-state index contributed by atoms with van der Waals surface area (Å²) in [5, 5.41) is 0. The third-order valence-electron chi connectivity index (χ3n) is 3.25. The molecule has 1 atom stereocenters. The minimum atomic E-state index is -0.0409. The lowest BCUT2D eigenvalue weighted by Crippen LogP contribution is -2.23. The first-order valence-electron chi connectivity index (χ1n) is 5.83. The van der Waals surface area contributed by atoms with E-state index in [1.54, 1.807) is 0 Å². The molecule has 88 valence electrons. The molecular formula is C14H21NO. The number of aryl methyl sites for hydroxylation is 3. The van der Waals surface area contributed by atoms with E-state index in [0.29, 0.717) is 6.54 Å². The smallest absolute Gasteiger partial charge is 0.167 e. The van der Waals surface area contributed by atoms with Gasteiger partial charge in [-0.3, -0.25) is 4.79 Å². The molecule has 0 amide bonds. The van der Waals surface area contributed by atoms with Crippen LogP contribution in [0, 0.1) is 26.7 Å². The SMILES string of the molecule is CCC(CN)C(=O)c1cc(C)c(C)cc1C. The number of ketones is 1. The largest absolute Gasteiger partial charge is 0.330 e. The molecule has 2 heteroatoms. The fraction of sp³-hybridized carbons (Fsp3) is 0.500. The van der Waals surface area contributed by atoms with Crippen molar-refractivity contribution in [2.75, 3.05) is 6.54 Å². The van der Waals surface area contributed by atoms with Gasteiger partial charge < -0.3 is 5.73 Å². The van der Waals surface area contributed by atoms with Crippen molar-refractivity contribution in [1.82, 2.24) is 0 Å². The zero-order chi connectivity index (χ0) is 12.3. The Bertz CT molecular complexity index is 392. The van der Waals surface area contributed by atoms with E-state index in [2.05, 4.69) is 13.0 Å². The third kappa shape index (κ3) is 2.50. The van der Waals surface area contributed by atoms with Gasteiger partial charge in [0.15, 0.2) is 5.78 Å². The van der Waals surface area contributed by atoms with Gasteiger partial charge in [0.1, 0.15) is 0 Å². The average Bonchev–Trinajstić information content (AvgIpc) is 2.25. The van der Waals surface area contributed by atoms with Crippen molar-refractivity contribution in [3.05, 3.63) is 34.4 Å². The summed E-state index contributed by atoms with van der Waals surface area (Å²) < 4.78 is 0. The second kappa shape index (κ2) is 5.26. The molecule has 1 unspecified atom stereocenters. The highest BCUT2D eigenvalue weighted by molar-refractivity contribution is 5.99. The first-order chi connectivity index (χ1) is 7.51. The number of hydrogen-bond donors (Lipinski definition) is 1. The Morgan fingerprint density at radius 3 is 2.25 bits per heavy atom. The zero-order valence-corrected chi connectivity index (χ0v) is 10.6. The number of nitrogens with two attached hydrogens (primary N) is 1. The van der Waals surface area contributed by atoms with Gasteiger partial charge in [0.25, 0.3) is 0 Å². The van der Waals surface area contributed by atoms with Gasteiger partial charge in [-0.25, -0.2) is 0 Å². The van der Waals surface area contributed by atoms with Crippen molar-refractivity contribution in [2.45, 2.75) is 34.1 Å². The Morgan fingerprint density at radius 1 is 1.19 bits per heavy atom. The standard InChI is InChI=1S/C14H21NO/c1-5-12(8-15)14(16)13-7-10(3)9(2)6-11(13)4/h6-7,12H,5,8,15H2,1-4H3. The van der Waals surface area contributed by atoms with E-state index in [0.717, 1.165) is 17.5 Å². The summed E-state index contributed by atoms with van der Waals surface area (Å²) in [6.45, 7) is 8.53. The molecule has 0 aliphatic rings. The van der Waals surface area contributed by atoms with Gasteiger partial charge in [0.05, 0.1) is 0 Å². The van der Waals surface area contributed by atoms with Crippen molar-refractivity contribution >= 4 is 5.78 Å². The highest BCUT2D eigenvalue weighted by Gasteiger charge is 2.18. The van der Waals surface area contributed by atoms with Gasteiger partial charge >= 0.3 is 0 Å². The van der Waals surface area contributed by atoms with Crippen molar-refractivity contribution in [3.63, 3.8) is 0 Å². The maximum Gasteiger partial charge on any atom is 0.167 e. The van der Waals surface area contributed by atoms with E-state index in [4.69, 9.17) is 5.73 Å². The summed E-state index contributed by atoms with van der Waals surface area (Å²) >= 11 is 0. The molecule has 2 N–H and O–H groups in total. The normalized spacial score (nSPS) is 12.6. The van der Waals surface area contributed by atoms with Gasteiger partial charge in [0.2, 0.25) is 0 Å². The van der Waals surface area contributed by atoms with E-state index in [1.807, 2.05) is 26.8 Å². The molecule has 0 fully saturated rings. The Kier molecular flexibility index (Phi) is 4.25. The lowest BCUT2D eigenvalue weighted by molar-refractivity contribution is 0.0920. The molecule has 0 aliphatic heterocycles. The summed E-state index contributed by atoms with van der Waals surface area (Å²) in [7, 11) is 0. The van der Waals surface area contributed by atoms with E-state index >= 15 is 0 Å². The van der Waals surface area contributed by atoms with Crippen LogP contribution < -0.4 is 5.73 Å². The summed E-state index contributed by atoms with van der Waals surface area (Å²) in [5.74, 6) is 0.145. The number of carbonyl (C=O) groups excluding carboxylic acids is 1. The lowest BCUT2D eigenvalue weighted by atomic mass is 9.90. The lowest BCUT2D eigenvalue weighted by Gasteiger charge is -2.14. The minimum Gasteiger partial charge on any atom is -0.330 e. The molecule has 0 aliphatic carbocycles. The van der Waals surface area contributed by atoms with Crippen LogP contribution in [0.1, 0.15) is 40.4 Å².